The van der Waals surface area contributed by atoms with Gasteiger partial charge in [0.25, 0.3) is 5.69 Å². The quantitative estimate of drug-likeness (QED) is 0.561. The van der Waals surface area contributed by atoms with E-state index in [0.717, 1.165) is 0 Å². The third kappa shape index (κ3) is 2.68. The first kappa shape index (κ1) is 11.0. The van der Waals surface area contributed by atoms with Crippen LogP contribution in [0.4, 0.5) is 5.69 Å². The largest absolute Gasteiger partial charge is 0.476 e. The zero-order valence-corrected chi connectivity index (χ0v) is 8.43. The Morgan fingerprint density at radius 2 is 2.27 bits per heavy atom. The van der Waals surface area contributed by atoms with E-state index >= 15 is 0 Å². The van der Waals surface area contributed by atoms with Crippen molar-refractivity contribution in [2.75, 3.05) is 0 Å². The molecule has 15 heavy (non-hydrogen) atoms. The maximum absolute atomic E-state index is 10.5. The first-order valence-corrected chi connectivity index (χ1v) is 4.36. The fraction of sp³-hybridized carbons (Fsp3) is 0.300. The van der Waals surface area contributed by atoms with Crippen molar-refractivity contribution in [2.45, 2.75) is 20.0 Å². The maximum Gasteiger partial charge on any atom is 0.272 e. The normalized spacial score (nSPS) is 11.5. The zero-order chi connectivity index (χ0) is 11.4. The Bertz CT molecular complexity index is 423. The van der Waals surface area contributed by atoms with E-state index in [-0.39, 0.29) is 5.69 Å². The summed E-state index contributed by atoms with van der Waals surface area (Å²) in [6, 6.07) is 6.32. The molecule has 0 amide bonds. The number of benzene rings is 1. The number of rotatable bonds is 3. The van der Waals surface area contributed by atoms with E-state index in [2.05, 4.69) is 0 Å². The highest BCUT2D eigenvalue weighted by Gasteiger charge is 2.11. The Hall–Kier alpha value is -2.09. The molecule has 1 atom stereocenters. The van der Waals surface area contributed by atoms with Gasteiger partial charge in [-0.25, -0.2) is 0 Å². The van der Waals surface area contributed by atoms with Crippen molar-refractivity contribution in [1.29, 1.82) is 5.26 Å². The van der Waals surface area contributed by atoms with Crippen molar-refractivity contribution in [3.05, 3.63) is 33.9 Å². The summed E-state index contributed by atoms with van der Waals surface area (Å²) in [6.07, 6.45) is -0.564. The van der Waals surface area contributed by atoms with E-state index < -0.39 is 11.0 Å². The van der Waals surface area contributed by atoms with Gasteiger partial charge in [0.2, 0.25) is 0 Å². The minimum absolute atomic E-state index is 0.0481. The monoisotopic (exact) mass is 206 g/mol. The maximum atomic E-state index is 10.5. The van der Waals surface area contributed by atoms with Crippen LogP contribution in [-0.2, 0) is 0 Å². The summed E-state index contributed by atoms with van der Waals surface area (Å²) in [4.78, 5) is 10.1. The minimum atomic E-state index is -0.564. The summed E-state index contributed by atoms with van der Waals surface area (Å²) in [6.45, 7) is 3.23. The van der Waals surface area contributed by atoms with E-state index in [1.54, 1.807) is 19.9 Å². The predicted octanol–water partition coefficient (Wildman–Crippen LogP) is 2.19. The molecule has 0 heterocycles. The Kier molecular flexibility index (Phi) is 3.24. The van der Waals surface area contributed by atoms with Gasteiger partial charge in [0, 0.05) is 11.6 Å². The highest BCUT2D eigenvalue weighted by Crippen LogP contribution is 2.23. The Labute approximate surface area is 87.1 Å². The fourth-order valence-electron chi connectivity index (χ4n) is 1.14. The van der Waals surface area contributed by atoms with Crippen LogP contribution in [0.3, 0.4) is 0 Å². The average molecular weight is 206 g/mol. The topological polar surface area (TPSA) is 76.2 Å². The van der Waals surface area contributed by atoms with E-state index in [9.17, 15) is 10.1 Å². The van der Waals surface area contributed by atoms with Gasteiger partial charge >= 0.3 is 0 Å². The molecule has 0 N–H and O–H groups in total. The molecule has 1 rings (SSSR count). The summed E-state index contributed by atoms with van der Waals surface area (Å²) in [5.41, 5.74) is 0.564. The number of ether oxygens (including phenoxy) is 1. The smallest absolute Gasteiger partial charge is 0.272 e. The third-order valence-corrected chi connectivity index (χ3v) is 1.86. The van der Waals surface area contributed by atoms with E-state index in [0.29, 0.717) is 11.3 Å². The fourth-order valence-corrected chi connectivity index (χ4v) is 1.14. The lowest BCUT2D eigenvalue weighted by molar-refractivity contribution is -0.385. The van der Waals surface area contributed by atoms with Crippen molar-refractivity contribution in [3.63, 3.8) is 0 Å². The van der Waals surface area contributed by atoms with Gasteiger partial charge in [-0.2, -0.15) is 5.26 Å². The number of nitrogens with zero attached hydrogens (tertiary/aromatic N) is 2. The molecular formula is C10H10N2O3. The molecular weight excluding hydrogens is 196 g/mol. The minimum Gasteiger partial charge on any atom is -0.476 e. The predicted molar refractivity (Wildman–Crippen MR) is 53.5 cm³/mol. The molecule has 5 nitrogen and oxygen atoms in total. The van der Waals surface area contributed by atoms with Crippen LogP contribution in [0, 0.1) is 28.4 Å². The van der Waals surface area contributed by atoms with Gasteiger partial charge < -0.3 is 4.74 Å². The average Bonchev–Trinajstić information content (AvgIpc) is 2.17. The lowest BCUT2D eigenvalue weighted by Gasteiger charge is -2.07. The molecule has 0 spiro atoms. The highest BCUT2D eigenvalue weighted by molar-refractivity contribution is 5.44. The Balaban J connectivity index is 2.93. The number of aryl methyl sites for hydroxylation is 1. The molecule has 0 saturated heterocycles. The van der Waals surface area contributed by atoms with Gasteiger partial charge in [-0.1, -0.05) is 0 Å². The number of nitriles is 1. The van der Waals surface area contributed by atoms with Gasteiger partial charge in [-0.3, -0.25) is 10.1 Å². The lowest BCUT2D eigenvalue weighted by Crippen LogP contribution is -2.08. The number of nitro benzene ring substituents is 1. The molecule has 78 valence electrons. The molecule has 0 radical (unpaired) electrons. The molecule has 0 fully saturated rings. The summed E-state index contributed by atoms with van der Waals surface area (Å²) >= 11 is 0. The highest BCUT2D eigenvalue weighted by atomic mass is 16.6. The molecule has 1 aromatic rings. The summed E-state index contributed by atoms with van der Waals surface area (Å²) in [7, 11) is 0. The van der Waals surface area contributed by atoms with Crippen LogP contribution in [-0.4, -0.2) is 11.0 Å². The van der Waals surface area contributed by atoms with Crippen molar-refractivity contribution >= 4 is 5.69 Å². The van der Waals surface area contributed by atoms with Crippen LogP contribution >= 0.6 is 0 Å². The second-order valence-corrected chi connectivity index (χ2v) is 3.09. The number of nitro groups is 1. The van der Waals surface area contributed by atoms with Crippen molar-refractivity contribution < 1.29 is 9.66 Å². The van der Waals surface area contributed by atoms with E-state index in [1.165, 1.54) is 12.1 Å². The van der Waals surface area contributed by atoms with Crippen LogP contribution in [0.15, 0.2) is 18.2 Å². The van der Waals surface area contributed by atoms with E-state index in [1.807, 2.05) is 6.07 Å². The van der Waals surface area contributed by atoms with Crippen LogP contribution in [0.2, 0.25) is 0 Å². The van der Waals surface area contributed by atoms with Gasteiger partial charge in [0.15, 0.2) is 6.10 Å². The molecule has 1 aromatic carbocycles. The summed E-state index contributed by atoms with van der Waals surface area (Å²) in [5.74, 6) is 0.465. The molecule has 5 heteroatoms. The van der Waals surface area contributed by atoms with Crippen molar-refractivity contribution in [2.24, 2.45) is 0 Å². The molecule has 0 aliphatic rings. The molecule has 0 bridgehead atoms. The SMILES string of the molecule is Cc1cc(OC(C)C#N)ccc1[N+](=O)[O-]. The second-order valence-electron chi connectivity index (χ2n) is 3.09. The third-order valence-electron chi connectivity index (χ3n) is 1.86. The van der Waals surface area contributed by atoms with E-state index in [4.69, 9.17) is 10.00 Å². The van der Waals surface area contributed by atoms with Crippen LogP contribution in [0.1, 0.15) is 12.5 Å². The van der Waals surface area contributed by atoms with Gasteiger partial charge in [0.1, 0.15) is 11.8 Å². The van der Waals surface area contributed by atoms with Gasteiger partial charge in [0.05, 0.1) is 4.92 Å². The molecule has 0 aliphatic heterocycles. The Morgan fingerprint density at radius 1 is 1.60 bits per heavy atom. The lowest BCUT2D eigenvalue weighted by atomic mass is 10.2. The zero-order valence-electron chi connectivity index (χ0n) is 8.43. The summed E-state index contributed by atoms with van der Waals surface area (Å²) in [5, 5.41) is 19.0. The Morgan fingerprint density at radius 3 is 2.73 bits per heavy atom. The standard InChI is InChI=1S/C10H10N2O3/c1-7-5-9(15-8(2)6-11)3-4-10(7)12(13)14/h3-5,8H,1-2H3. The van der Waals surface area contributed by atoms with Crippen molar-refractivity contribution in [1.82, 2.24) is 0 Å². The first-order chi connectivity index (χ1) is 7.04. The number of hydrogen-bond acceptors (Lipinski definition) is 4. The second kappa shape index (κ2) is 4.42. The molecule has 0 saturated carbocycles. The molecule has 0 aromatic heterocycles. The summed E-state index contributed by atoms with van der Waals surface area (Å²) < 4.78 is 5.20. The molecule has 0 aliphatic carbocycles. The molecule has 1 unspecified atom stereocenters. The van der Waals surface area contributed by atoms with Crippen LogP contribution in [0.5, 0.6) is 5.75 Å². The van der Waals surface area contributed by atoms with Crippen LogP contribution in [0.25, 0.3) is 0 Å². The van der Waals surface area contributed by atoms with Crippen LogP contribution < -0.4 is 4.74 Å². The van der Waals surface area contributed by atoms with Crippen molar-refractivity contribution in [3.8, 4) is 11.8 Å². The first-order valence-electron chi connectivity index (χ1n) is 4.36. The van der Waals surface area contributed by atoms with Gasteiger partial charge in [-0.05, 0) is 26.0 Å². The number of hydrogen-bond donors (Lipinski definition) is 0. The van der Waals surface area contributed by atoms with Gasteiger partial charge in [-0.15, -0.1) is 0 Å².